The maximum atomic E-state index is 5.97. The number of hydrogen-bond donors (Lipinski definition) is 3. The number of nitrogen functional groups attached to an aromatic ring is 1. The average Bonchev–Trinajstić information content (AvgIpc) is 2.34. The Hall–Kier alpha value is -1.10. The first-order chi connectivity index (χ1) is 7.83. The molecule has 4 heteroatoms. The van der Waals surface area contributed by atoms with Crippen molar-refractivity contribution in [2.45, 2.75) is 18.9 Å². The molecule has 2 rings (SSSR count). The maximum absolute atomic E-state index is 5.97. The topological polar surface area (TPSA) is 73.3 Å². The quantitative estimate of drug-likeness (QED) is 0.407. The zero-order valence-corrected chi connectivity index (χ0v) is 9.36. The van der Waals surface area contributed by atoms with Gasteiger partial charge in [0.1, 0.15) is 0 Å². The molecule has 0 radical (unpaired) electrons. The first-order valence-corrected chi connectivity index (χ1v) is 5.71. The zero-order valence-electron chi connectivity index (χ0n) is 9.36. The lowest BCUT2D eigenvalue weighted by Crippen LogP contribution is -2.37. The fraction of sp³-hybridized carbons (Fsp3) is 0.500. The Balaban J connectivity index is 2.18. The van der Waals surface area contributed by atoms with Crippen LogP contribution in [-0.2, 0) is 4.74 Å². The van der Waals surface area contributed by atoms with Crippen molar-refractivity contribution < 1.29 is 4.74 Å². The normalized spacial score (nSPS) is 22.9. The molecular weight excluding hydrogens is 202 g/mol. The number of nitrogens with two attached hydrogens (primary N) is 2. The lowest BCUT2D eigenvalue weighted by molar-refractivity contribution is 0.0391. The van der Waals surface area contributed by atoms with Gasteiger partial charge in [0, 0.05) is 18.2 Å². The van der Waals surface area contributed by atoms with Gasteiger partial charge < -0.3 is 10.5 Å². The molecule has 1 aliphatic rings. The van der Waals surface area contributed by atoms with E-state index in [1.165, 1.54) is 0 Å². The van der Waals surface area contributed by atoms with Crippen LogP contribution in [0.2, 0.25) is 0 Å². The predicted molar refractivity (Wildman–Crippen MR) is 64.5 cm³/mol. The highest BCUT2D eigenvalue weighted by Crippen LogP contribution is 2.30. The summed E-state index contributed by atoms with van der Waals surface area (Å²) in [6, 6.07) is 7.93. The van der Waals surface area contributed by atoms with Crippen LogP contribution in [0.1, 0.15) is 24.4 Å². The molecule has 5 N–H and O–H groups in total. The molecule has 1 saturated heterocycles. The molecular formula is C12H19N3O. The summed E-state index contributed by atoms with van der Waals surface area (Å²) in [5.41, 5.74) is 10.7. The van der Waals surface area contributed by atoms with Crippen molar-refractivity contribution in [1.82, 2.24) is 5.43 Å². The van der Waals surface area contributed by atoms with Crippen LogP contribution in [0.5, 0.6) is 0 Å². The minimum atomic E-state index is 0.0847. The highest BCUT2D eigenvalue weighted by molar-refractivity contribution is 5.48. The molecule has 1 aromatic carbocycles. The summed E-state index contributed by atoms with van der Waals surface area (Å²) in [5.74, 6) is 6.05. The van der Waals surface area contributed by atoms with E-state index in [4.69, 9.17) is 16.3 Å². The Kier molecular flexibility index (Phi) is 3.77. The minimum absolute atomic E-state index is 0.0847. The lowest BCUT2D eigenvalue weighted by Gasteiger charge is -2.30. The van der Waals surface area contributed by atoms with Gasteiger partial charge in [-0.2, -0.15) is 0 Å². The van der Waals surface area contributed by atoms with E-state index in [-0.39, 0.29) is 6.04 Å². The number of hydrazine groups is 1. The van der Waals surface area contributed by atoms with Crippen molar-refractivity contribution >= 4 is 5.69 Å². The number of benzene rings is 1. The van der Waals surface area contributed by atoms with Crippen LogP contribution in [-0.4, -0.2) is 13.2 Å². The predicted octanol–water partition coefficient (Wildman–Crippen LogP) is 1.20. The molecule has 0 aliphatic carbocycles. The Morgan fingerprint density at radius 3 is 2.81 bits per heavy atom. The highest BCUT2D eigenvalue weighted by Gasteiger charge is 2.25. The molecule has 4 nitrogen and oxygen atoms in total. The van der Waals surface area contributed by atoms with Gasteiger partial charge in [-0.25, -0.2) is 0 Å². The summed E-state index contributed by atoms with van der Waals surface area (Å²) in [7, 11) is 0. The molecule has 88 valence electrons. The summed E-state index contributed by atoms with van der Waals surface area (Å²) in [5, 5.41) is 0. The largest absolute Gasteiger partial charge is 0.398 e. The van der Waals surface area contributed by atoms with Crippen molar-refractivity contribution in [1.29, 1.82) is 0 Å². The fourth-order valence-corrected chi connectivity index (χ4v) is 2.30. The number of para-hydroxylation sites is 1. The minimum Gasteiger partial charge on any atom is -0.398 e. The molecule has 0 spiro atoms. The van der Waals surface area contributed by atoms with Crippen LogP contribution in [0.4, 0.5) is 5.69 Å². The van der Waals surface area contributed by atoms with E-state index < -0.39 is 0 Å². The molecule has 2 unspecified atom stereocenters. The smallest absolute Gasteiger partial charge is 0.0530 e. The van der Waals surface area contributed by atoms with Gasteiger partial charge in [0.15, 0.2) is 0 Å². The van der Waals surface area contributed by atoms with E-state index in [1.807, 2.05) is 24.3 Å². The van der Waals surface area contributed by atoms with Crippen molar-refractivity contribution in [3.8, 4) is 0 Å². The molecule has 0 bridgehead atoms. The molecule has 16 heavy (non-hydrogen) atoms. The Morgan fingerprint density at radius 1 is 1.38 bits per heavy atom. The highest BCUT2D eigenvalue weighted by atomic mass is 16.5. The van der Waals surface area contributed by atoms with Gasteiger partial charge in [-0.3, -0.25) is 11.3 Å². The average molecular weight is 221 g/mol. The molecule has 1 fully saturated rings. The molecule has 0 aromatic heterocycles. The number of hydrogen-bond acceptors (Lipinski definition) is 4. The van der Waals surface area contributed by atoms with Gasteiger partial charge in [0.2, 0.25) is 0 Å². The van der Waals surface area contributed by atoms with Gasteiger partial charge in [-0.15, -0.1) is 0 Å². The molecule has 1 aromatic rings. The maximum Gasteiger partial charge on any atom is 0.0530 e. The molecule has 2 atom stereocenters. The Labute approximate surface area is 95.9 Å². The van der Waals surface area contributed by atoms with Crippen molar-refractivity contribution in [2.24, 2.45) is 11.8 Å². The first kappa shape index (κ1) is 11.4. The molecule has 1 aliphatic heterocycles. The third-order valence-electron chi connectivity index (χ3n) is 3.18. The van der Waals surface area contributed by atoms with Crippen LogP contribution < -0.4 is 17.0 Å². The summed E-state index contributed by atoms with van der Waals surface area (Å²) in [6.07, 6.45) is 2.22. The van der Waals surface area contributed by atoms with E-state index in [1.54, 1.807) is 0 Å². The SMILES string of the molecule is NNC(c1ccccc1N)C1CCCOC1. The lowest BCUT2D eigenvalue weighted by atomic mass is 9.88. The van der Waals surface area contributed by atoms with Gasteiger partial charge in [0.25, 0.3) is 0 Å². The first-order valence-electron chi connectivity index (χ1n) is 5.71. The number of nitrogens with one attached hydrogen (secondary N) is 1. The number of ether oxygens (including phenoxy) is 1. The number of anilines is 1. The van der Waals surface area contributed by atoms with Crippen LogP contribution in [0.3, 0.4) is 0 Å². The van der Waals surface area contributed by atoms with E-state index in [9.17, 15) is 0 Å². The van der Waals surface area contributed by atoms with Gasteiger partial charge >= 0.3 is 0 Å². The van der Waals surface area contributed by atoms with Crippen LogP contribution in [0.25, 0.3) is 0 Å². The zero-order chi connectivity index (χ0) is 11.4. The van der Waals surface area contributed by atoms with Crippen LogP contribution >= 0.6 is 0 Å². The van der Waals surface area contributed by atoms with Gasteiger partial charge in [-0.1, -0.05) is 18.2 Å². The van der Waals surface area contributed by atoms with Gasteiger partial charge in [-0.05, 0) is 24.5 Å². The Bertz CT molecular complexity index is 337. The van der Waals surface area contributed by atoms with E-state index in [0.717, 1.165) is 37.3 Å². The second kappa shape index (κ2) is 5.30. The molecule has 0 amide bonds. The van der Waals surface area contributed by atoms with Crippen molar-refractivity contribution in [2.75, 3.05) is 18.9 Å². The standard InChI is InChI=1S/C12H19N3O/c13-11-6-2-1-5-10(11)12(15-14)9-4-3-7-16-8-9/h1-2,5-6,9,12,15H,3-4,7-8,13-14H2. The third kappa shape index (κ3) is 2.35. The van der Waals surface area contributed by atoms with Crippen LogP contribution in [0, 0.1) is 5.92 Å². The number of rotatable bonds is 3. The van der Waals surface area contributed by atoms with E-state index >= 15 is 0 Å². The van der Waals surface area contributed by atoms with E-state index in [0.29, 0.717) is 5.92 Å². The summed E-state index contributed by atoms with van der Waals surface area (Å²) >= 11 is 0. The van der Waals surface area contributed by atoms with Crippen molar-refractivity contribution in [3.05, 3.63) is 29.8 Å². The second-order valence-corrected chi connectivity index (χ2v) is 4.25. The second-order valence-electron chi connectivity index (χ2n) is 4.25. The third-order valence-corrected chi connectivity index (χ3v) is 3.18. The molecule has 0 saturated carbocycles. The summed E-state index contributed by atoms with van der Waals surface area (Å²) < 4.78 is 5.49. The van der Waals surface area contributed by atoms with Crippen LogP contribution in [0.15, 0.2) is 24.3 Å². The Morgan fingerprint density at radius 2 is 2.19 bits per heavy atom. The summed E-state index contributed by atoms with van der Waals surface area (Å²) in [6.45, 7) is 1.61. The fourth-order valence-electron chi connectivity index (χ4n) is 2.30. The monoisotopic (exact) mass is 221 g/mol. The summed E-state index contributed by atoms with van der Waals surface area (Å²) in [4.78, 5) is 0. The molecule has 1 heterocycles. The van der Waals surface area contributed by atoms with E-state index in [2.05, 4.69) is 5.43 Å². The van der Waals surface area contributed by atoms with Crippen molar-refractivity contribution in [3.63, 3.8) is 0 Å². The van der Waals surface area contributed by atoms with Gasteiger partial charge in [0.05, 0.1) is 12.6 Å².